The summed E-state index contributed by atoms with van der Waals surface area (Å²) in [5.74, 6) is 0. The van der Waals surface area contributed by atoms with E-state index in [-0.39, 0.29) is 4.90 Å². The number of halogens is 1. The molecule has 0 saturated heterocycles. The Hall–Kier alpha value is -1.56. The number of para-hydroxylation sites is 1. The number of hydrogen-bond acceptors (Lipinski definition) is 3. The molecule has 1 unspecified atom stereocenters. The summed E-state index contributed by atoms with van der Waals surface area (Å²) in [7, 11) is -3.44. The van der Waals surface area contributed by atoms with Crippen molar-refractivity contribution in [2.45, 2.75) is 49.5 Å². The summed E-state index contributed by atoms with van der Waals surface area (Å²) < 4.78 is 27.0. The van der Waals surface area contributed by atoms with E-state index in [4.69, 9.17) is 11.6 Å². The van der Waals surface area contributed by atoms with Crippen LogP contribution < -0.4 is 10.0 Å². The van der Waals surface area contributed by atoms with Gasteiger partial charge in [-0.2, -0.15) is 0 Å². The highest BCUT2D eigenvalue weighted by Crippen LogP contribution is 2.26. The first-order valence-electron chi connectivity index (χ1n) is 9.14. The molecule has 1 atom stereocenters. The van der Waals surface area contributed by atoms with Crippen LogP contribution in [0.3, 0.4) is 0 Å². The fourth-order valence-corrected chi connectivity index (χ4v) is 4.51. The molecule has 0 aromatic heterocycles. The van der Waals surface area contributed by atoms with Gasteiger partial charge in [0, 0.05) is 23.3 Å². The lowest BCUT2D eigenvalue weighted by molar-refractivity contribution is 0.533. The molecule has 1 aliphatic rings. The number of aryl methyl sites for hydroxylation is 1. The van der Waals surface area contributed by atoms with Crippen LogP contribution in [-0.4, -0.2) is 21.0 Å². The standard InChI is InChI=1S/C20H25ClN2O2S/c21-17-10-13-19(14-11-17)26(24,25)22-15-5-1-2-7-18-12-9-16-6-3-4-8-20(16)23-18/h3-4,6,8,10-11,13-14,18,22-23H,1-2,5,7,9,12,15H2. The minimum Gasteiger partial charge on any atom is -0.382 e. The van der Waals surface area contributed by atoms with E-state index in [1.54, 1.807) is 12.1 Å². The zero-order valence-electron chi connectivity index (χ0n) is 14.7. The molecule has 0 saturated carbocycles. The molecule has 1 aliphatic heterocycles. The maximum absolute atomic E-state index is 12.2. The minimum absolute atomic E-state index is 0.256. The molecule has 0 bridgehead atoms. The summed E-state index contributed by atoms with van der Waals surface area (Å²) in [6, 6.07) is 15.2. The van der Waals surface area contributed by atoms with Crippen LogP contribution >= 0.6 is 11.6 Å². The highest BCUT2D eigenvalue weighted by Gasteiger charge is 2.16. The third-order valence-electron chi connectivity index (χ3n) is 4.78. The number of nitrogens with one attached hydrogen (secondary N) is 2. The van der Waals surface area contributed by atoms with Crippen molar-refractivity contribution in [3.63, 3.8) is 0 Å². The zero-order valence-corrected chi connectivity index (χ0v) is 16.3. The molecule has 3 rings (SSSR count). The van der Waals surface area contributed by atoms with E-state index >= 15 is 0 Å². The van der Waals surface area contributed by atoms with Gasteiger partial charge in [0.25, 0.3) is 0 Å². The van der Waals surface area contributed by atoms with E-state index < -0.39 is 10.0 Å². The summed E-state index contributed by atoms with van der Waals surface area (Å²) in [6.45, 7) is 0.464. The molecule has 0 radical (unpaired) electrons. The average Bonchev–Trinajstić information content (AvgIpc) is 2.65. The molecule has 0 spiro atoms. The van der Waals surface area contributed by atoms with Crippen molar-refractivity contribution in [2.24, 2.45) is 0 Å². The molecule has 2 aromatic rings. The lowest BCUT2D eigenvalue weighted by Gasteiger charge is -2.27. The molecule has 0 amide bonds. The maximum atomic E-state index is 12.2. The molecular weight excluding hydrogens is 368 g/mol. The van der Waals surface area contributed by atoms with Gasteiger partial charge in [0.05, 0.1) is 4.90 Å². The molecule has 26 heavy (non-hydrogen) atoms. The number of unbranched alkanes of at least 4 members (excludes halogenated alkanes) is 2. The summed E-state index contributed by atoms with van der Waals surface area (Å²) >= 11 is 5.79. The van der Waals surface area contributed by atoms with Gasteiger partial charge in [-0.15, -0.1) is 0 Å². The second kappa shape index (κ2) is 8.89. The topological polar surface area (TPSA) is 58.2 Å². The van der Waals surface area contributed by atoms with Crippen molar-refractivity contribution in [1.29, 1.82) is 0 Å². The molecule has 1 heterocycles. The van der Waals surface area contributed by atoms with Crippen molar-refractivity contribution in [3.8, 4) is 0 Å². The van der Waals surface area contributed by atoms with Gasteiger partial charge in [0.2, 0.25) is 10.0 Å². The quantitative estimate of drug-likeness (QED) is 0.645. The number of anilines is 1. The third-order valence-corrected chi connectivity index (χ3v) is 6.51. The molecule has 6 heteroatoms. The predicted molar refractivity (Wildman–Crippen MR) is 107 cm³/mol. The van der Waals surface area contributed by atoms with Crippen molar-refractivity contribution in [2.75, 3.05) is 11.9 Å². The normalized spacial score (nSPS) is 16.7. The van der Waals surface area contributed by atoms with Gasteiger partial charge in [-0.1, -0.05) is 42.6 Å². The Morgan fingerprint density at radius 3 is 2.62 bits per heavy atom. The number of fused-ring (bicyclic) bond motifs is 1. The van der Waals surface area contributed by atoms with Gasteiger partial charge in [-0.05, 0) is 61.6 Å². The van der Waals surface area contributed by atoms with Gasteiger partial charge in [-0.3, -0.25) is 0 Å². The summed E-state index contributed by atoms with van der Waals surface area (Å²) in [4.78, 5) is 0.256. The minimum atomic E-state index is -3.44. The van der Waals surface area contributed by atoms with Crippen LogP contribution in [0.5, 0.6) is 0 Å². The lowest BCUT2D eigenvalue weighted by atomic mass is 9.95. The fraction of sp³-hybridized carbons (Fsp3) is 0.400. The summed E-state index contributed by atoms with van der Waals surface area (Å²) in [5.41, 5.74) is 2.67. The molecule has 0 aliphatic carbocycles. The van der Waals surface area contributed by atoms with Crippen LogP contribution in [0, 0.1) is 0 Å². The Labute approximate surface area is 161 Å². The first kappa shape index (κ1) is 19.2. The van der Waals surface area contributed by atoms with E-state index in [2.05, 4.69) is 34.3 Å². The highest BCUT2D eigenvalue weighted by atomic mass is 35.5. The molecular formula is C20H25ClN2O2S. The lowest BCUT2D eigenvalue weighted by Crippen LogP contribution is -2.26. The van der Waals surface area contributed by atoms with E-state index in [9.17, 15) is 8.42 Å². The van der Waals surface area contributed by atoms with Gasteiger partial charge in [0.15, 0.2) is 0 Å². The maximum Gasteiger partial charge on any atom is 0.240 e. The molecule has 2 aromatic carbocycles. The Kier molecular flexibility index (Phi) is 6.57. The molecule has 2 N–H and O–H groups in total. The second-order valence-electron chi connectivity index (χ2n) is 6.74. The van der Waals surface area contributed by atoms with Crippen LogP contribution in [0.15, 0.2) is 53.4 Å². The van der Waals surface area contributed by atoms with Crippen LogP contribution in [-0.2, 0) is 16.4 Å². The van der Waals surface area contributed by atoms with Gasteiger partial charge in [-0.25, -0.2) is 13.1 Å². The largest absolute Gasteiger partial charge is 0.382 e. The van der Waals surface area contributed by atoms with Gasteiger partial charge < -0.3 is 5.32 Å². The van der Waals surface area contributed by atoms with Crippen molar-refractivity contribution < 1.29 is 8.42 Å². The zero-order chi connectivity index (χ0) is 18.4. The van der Waals surface area contributed by atoms with Gasteiger partial charge >= 0.3 is 0 Å². The van der Waals surface area contributed by atoms with E-state index in [0.717, 1.165) is 32.1 Å². The Morgan fingerprint density at radius 2 is 1.81 bits per heavy atom. The molecule has 4 nitrogen and oxygen atoms in total. The van der Waals surface area contributed by atoms with Crippen LogP contribution in [0.4, 0.5) is 5.69 Å². The summed E-state index contributed by atoms with van der Waals surface area (Å²) in [6.07, 6.45) is 6.38. The fourth-order valence-electron chi connectivity index (χ4n) is 3.31. The van der Waals surface area contributed by atoms with Crippen LogP contribution in [0.1, 0.15) is 37.7 Å². The third kappa shape index (κ3) is 5.22. The Bertz CT molecular complexity index is 822. The first-order chi connectivity index (χ1) is 12.5. The number of hydrogen-bond donors (Lipinski definition) is 2. The number of rotatable bonds is 8. The van der Waals surface area contributed by atoms with Crippen LogP contribution in [0.2, 0.25) is 5.02 Å². The molecule has 140 valence electrons. The van der Waals surface area contributed by atoms with E-state index in [0.29, 0.717) is 17.6 Å². The second-order valence-corrected chi connectivity index (χ2v) is 8.94. The van der Waals surface area contributed by atoms with Crippen molar-refractivity contribution >= 4 is 27.3 Å². The average molecular weight is 393 g/mol. The smallest absolute Gasteiger partial charge is 0.240 e. The highest BCUT2D eigenvalue weighted by molar-refractivity contribution is 7.89. The number of sulfonamides is 1. The van der Waals surface area contributed by atoms with E-state index in [1.807, 2.05) is 0 Å². The molecule has 0 fully saturated rings. The van der Waals surface area contributed by atoms with Gasteiger partial charge in [0.1, 0.15) is 0 Å². The summed E-state index contributed by atoms with van der Waals surface area (Å²) in [5, 5.41) is 4.15. The SMILES string of the molecule is O=S(=O)(NCCCCCC1CCc2ccccc2N1)c1ccc(Cl)cc1. The Morgan fingerprint density at radius 1 is 1.04 bits per heavy atom. The van der Waals surface area contributed by atoms with Crippen molar-refractivity contribution in [1.82, 2.24) is 4.72 Å². The van der Waals surface area contributed by atoms with Crippen LogP contribution in [0.25, 0.3) is 0 Å². The Balaban J connectivity index is 1.34. The predicted octanol–water partition coefficient (Wildman–Crippen LogP) is 4.61. The monoisotopic (exact) mass is 392 g/mol. The number of benzene rings is 2. The van der Waals surface area contributed by atoms with E-state index in [1.165, 1.54) is 29.8 Å². The first-order valence-corrected chi connectivity index (χ1v) is 11.0. The van der Waals surface area contributed by atoms with Crippen molar-refractivity contribution in [3.05, 3.63) is 59.1 Å².